The van der Waals surface area contributed by atoms with Crippen LogP contribution in [0.25, 0.3) is 0 Å². The van der Waals surface area contributed by atoms with Gasteiger partial charge in [-0.15, -0.1) is 0 Å². The van der Waals surface area contributed by atoms with E-state index in [9.17, 15) is 29.4 Å². The molecule has 1 aliphatic rings. The fourth-order valence-electron chi connectivity index (χ4n) is 3.52. The van der Waals surface area contributed by atoms with Crippen molar-refractivity contribution in [2.75, 3.05) is 6.54 Å². The topological polar surface area (TPSA) is 211 Å². The molecule has 3 amide bonds. The van der Waals surface area contributed by atoms with Gasteiger partial charge in [0, 0.05) is 24.9 Å². The lowest BCUT2D eigenvalue weighted by molar-refractivity contribution is -0.146. The van der Waals surface area contributed by atoms with Crippen LogP contribution in [0.3, 0.4) is 0 Å². The summed E-state index contributed by atoms with van der Waals surface area (Å²) in [7, 11) is 0. The number of hydrogen-bond acceptors (Lipinski definition) is 8. The molecule has 0 bridgehead atoms. The molecule has 0 aromatic carbocycles. The number of carbonyl (C=O) groups is 4. The SMILES string of the molecule is CC(O)C(NC(=O)C(NC(=O)C1CCCN1C(=O)C(N)Cc1cnc[nH]1)C(C)O)C(=O)O. The van der Waals surface area contributed by atoms with Gasteiger partial charge in [0.05, 0.1) is 24.6 Å². The molecule has 0 spiro atoms. The number of carboxylic acids is 1. The van der Waals surface area contributed by atoms with Crippen LogP contribution in [0.15, 0.2) is 12.5 Å². The Morgan fingerprint density at radius 3 is 2.41 bits per heavy atom. The maximum Gasteiger partial charge on any atom is 0.328 e. The third kappa shape index (κ3) is 6.24. The molecule has 178 valence electrons. The summed E-state index contributed by atoms with van der Waals surface area (Å²) >= 11 is 0. The highest BCUT2D eigenvalue weighted by atomic mass is 16.4. The monoisotopic (exact) mass is 454 g/mol. The van der Waals surface area contributed by atoms with E-state index >= 15 is 0 Å². The quantitative estimate of drug-likeness (QED) is 0.193. The number of amides is 3. The number of aromatic nitrogens is 2. The van der Waals surface area contributed by atoms with Crippen molar-refractivity contribution in [3.8, 4) is 0 Å². The average molecular weight is 454 g/mol. The molecule has 13 heteroatoms. The van der Waals surface area contributed by atoms with Gasteiger partial charge in [-0.2, -0.15) is 0 Å². The number of aliphatic carboxylic acids is 1. The Labute approximate surface area is 184 Å². The number of nitrogens with two attached hydrogens (primary N) is 1. The molecule has 0 saturated carbocycles. The van der Waals surface area contributed by atoms with Crippen molar-refractivity contribution >= 4 is 23.7 Å². The third-order valence-corrected chi connectivity index (χ3v) is 5.26. The number of rotatable bonds is 10. The van der Waals surface area contributed by atoms with Gasteiger partial charge in [-0.3, -0.25) is 14.4 Å². The Bertz CT molecular complexity index is 813. The van der Waals surface area contributed by atoms with E-state index in [-0.39, 0.29) is 6.42 Å². The number of aliphatic hydroxyl groups excluding tert-OH is 2. The largest absolute Gasteiger partial charge is 0.480 e. The third-order valence-electron chi connectivity index (χ3n) is 5.26. The van der Waals surface area contributed by atoms with Crippen LogP contribution < -0.4 is 16.4 Å². The first-order chi connectivity index (χ1) is 15.0. The number of aromatic amines is 1. The molecule has 1 aliphatic heterocycles. The average Bonchev–Trinajstić information content (AvgIpc) is 3.40. The molecule has 2 rings (SSSR count). The van der Waals surface area contributed by atoms with Crippen LogP contribution in [0, 0.1) is 0 Å². The van der Waals surface area contributed by atoms with Crippen molar-refractivity contribution in [1.29, 1.82) is 0 Å². The molecule has 1 saturated heterocycles. The van der Waals surface area contributed by atoms with Crippen molar-refractivity contribution in [2.24, 2.45) is 5.73 Å². The number of carbonyl (C=O) groups excluding carboxylic acids is 3. The lowest BCUT2D eigenvalue weighted by Crippen LogP contribution is -2.60. The number of aliphatic hydroxyl groups is 2. The van der Waals surface area contributed by atoms with Crippen molar-refractivity contribution in [3.63, 3.8) is 0 Å². The van der Waals surface area contributed by atoms with Crippen LogP contribution in [-0.2, 0) is 25.6 Å². The van der Waals surface area contributed by atoms with Gasteiger partial charge in [-0.25, -0.2) is 9.78 Å². The summed E-state index contributed by atoms with van der Waals surface area (Å²) < 4.78 is 0. The van der Waals surface area contributed by atoms with Gasteiger partial charge in [-0.05, 0) is 26.7 Å². The van der Waals surface area contributed by atoms with E-state index in [4.69, 9.17) is 10.8 Å². The maximum atomic E-state index is 12.9. The fraction of sp³-hybridized carbons (Fsp3) is 0.632. The zero-order valence-electron chi connectivity index (χ0n) is 17.9. The predicted octanol–water partition coefficient (Wildman–Crippen LogP) is -2.91. The second-order valence-electron chi connectivity index (χ2n) is 7.87. The number of nitrogens with zero attached hydrogens (tertiary/aromatic N) is 2. The predicted molar refractivity (Wildman–Crippen MR) is 110 cm³/mol. The smallest absolute Gasteiger partial charge is 0.328 e. The summed E-state index contributed by atoms with van der Waals surface area (Å²) in [6.45, 7) is 2.74. The molecule has 2 heterocycles. The van der Waals surface area contributed by atoms with E-state index in [1.165, 1.54) is 25.1 Å². The molecular weight excluding hydrogens is 424 g/mol. The van der Waals surface area contributed by atoms with E-state index in [0.717, 1.165) is 0 Å². The van der Waals surface area contributed by atoms with E-state index in [1.54, 1.807) is 6.20 Å². The summed E-state index contributed by atoms with van der Waals surface area (Å²) in [4.78, 5) is 57.4. The summed E-state index contributed by atoms with van der Waals surface area (Å²) in [5.74, 6) is -3.55. The van der Waals surface area contributed by atoms with E-state index in [2.05, 4.69) is 20.6 Å². The standard InChI is InChI=1S/C19H30N6O7/c1-9(26)14(17(29)24-15(10(2)27)19(31)32)23-16(28)13-4-3-5-25(13)18(30)12(20)6-11-7-21-8-22-11/h7-10,12-15,26-27H,3-6,20H2,1-2H3,(H,21,22)(H,23,28)(H,24,29)(H,31,32). The van der Waals surface area contributed by atoms with Gasteiger partial charge in [0.1, 0.15) is 12.1 Å². The maximum absolute atomic E-state index is 12.9. The first-order valence-corrected chi connectivity index (χ1v) is 10.3. The van der Waals surface area contributed by atoms with Crippen LogP contribution in [0.4, 0.5) is 0 Å². The summed E-state index contributed by atoms with van der Waals surface area (Å²) in [6, 6.07) is -4.90. The number of carboxylic acid groups (broad SMARTS) is 1. The van der Waals surface area contributed by atoms with Crippen LogP contribution in [0.1, 0.15) is 32.4 Å². The molecule has 32 heavy (non-hydrogen) atoms. The van der Waals surface area contributed by atoms with Gasteiger partial charge in [0.15, 0.2) is 6.04 Å². The highest BCUT2D eigenvalue weighted by Crippen LogP contribution is 2.19. The van der Waals surface area contributed by atoms with Gasteiger partial charge < -0.3 is 41.6 Å². The Hall–Kier alpha value is -3.03. The minimum absolute atomic E-state index is 0.207. The normalized spacial score (nSPS) is 20.7. The molecule has 1 fully saturated rings. The number of H-pyrrole nitrogens is 1. The Morgan fingerprint density at radius 2 is 1.88 bits per heavy atom. The molecular formula is C19H30N6O7. The number of hydrogen-bond donors (Lipinski definition) is 7. The minimum atomic E-state index is -1.62. The number of imidazole rings is 1. The molecule has 13 nitrogen and oxygen atoms in total. The van der Waals surface area contributed by atoms with Gasteiger partial charge in [-0.1, -0.05) is 0 Å². The fourth-order valence-corrected chi connectivity index (χ4v) is 3.52. The lowest BCUT2D eigenvalue weighted by Gasteiger charge is -2.29. The van der Waals surface area contributed by atoms with Crippen LogP contribution >= 0.6 is 0 Å². The molecule has 6 atom stereocenters. The highest BCUT2D eigenvalue weighted by molar-refractivity contribution is 5.94. The highest BCUT2D eigenvalue weighted by Gasteiger charge is 2.39. The molecule has 0 aliphatic carbocycles. The molecule has 1 aromatic rings. The second kappa shape index (κ2) is 11.0. The molecule has 0 radical (unpaired) electrons. The van der Waals surface area contributed by atoms with E-state index < -0.39 is 60.1 Å². The second-order valence-corrected chi connectivity index (χ2v) is 7.87. The summed E-state index contributed by atoms with van der Waals surface area (Å²) in [5.41, 5.74) is 6.68. The number of likely N-dealkylation sites (tertiary alicyclic amines) is 1. The zero-order valence-corrected chi connectivity index (χ0v) is 17.9. The van der Waals surface area contributed by atoms with Crippen molar-refractivity contribution < 1.29 is 34.5 Å². The lowest BCUT2D eigenvalue weighted by atomic mass is 10.1. The Balaban J connectivity index is 2.05. The van der Waals surface area contributed by atoms with E-state index in [0.29, 0.717) is 25.1 Å². The van der Waals surface area contributed by atoms with Crippen LogP contribution in [0.5, 0.6) is 0 Å². The molecule has 6 unspecified atom stereocenters. The first kappa shape index (κ1) is 25.2. The Morgan fingerprint density at radius 1 is 1.22 bits per heavy atom. The van der Waals surface area contributed by atoms with Gasteiger partial charge in [0.25, 0.3) is 0 Å². The minimum Gasteiger partial charge on any atom is -0.480 e. The number of nitrogens with one attached hydrogen (secondary N) is 3. The van der Waals surface area contributed by atoms with E-state index in [1.807, 2.05) is 0 Å². The Kier molecular flexibility index (Phi) is 8.69. The summed E-state index contributed by atoms with van der Waals surface area (Å²) in [5, 5.41) is 33.1. The molecule has 1 aromatic heterocycles. The van der Waals surface area contributed by atoms with Crippen molar-refractivity contribution in [1.82, 2.24) is 25.5 Å². The van der Waals surface area contributed by atoms with Crippen molar-refractivity contribution in [3.05, 3.63) is 18.2 Å². The zero-order chi connectivity index (χ0) is 24.0. The van der Waals surface area contributed by atoms with Crippen LogP contribution in [0.2, 0.25) is 0 Å². The van der Waals surface area contributed by atoms with Gasteiger partial charge >= 0.3 is 5.97 Å². The molecule has 8 N–H and O–H groups in total. The first-order valence-electron chi connectivity index (χ1n) is 10.3. The van der Waals surface area contributed by atoms with Crippen LogP contribution in [-0.4, -0.2) is 96.8 Å². The van der Waals surface area contributed by atoms with Gasteiger partial charge in [0.2, 0.25) is 17.7 Å². The van der Waals surface area contributed by atoms with Crippen molar-refractivity contribution in [2.45, 2.75) is 69.5 Å². The summed E-state index contributed by atoms with van der Waals surface area (Å²) in [6.07, 6.45) is 1.34.